The van der Waals surface area contributed by atoms with Gasteiger partial charge in [-0.25, -0.2) is 9.18 Å². The molecule has 0 saturated heterocycles. The summed E-state index contributed by atoms with van der Waals surface area (Å²) in [6.07, 6.45) is -4.65. The molecule has 0 radical (unpaired) electrons. The van der Waals surface area contributed by atoms with Crippen molar-refractivity contribution in [3.8, 4) is 0 Å². The summed E-state index contributed by atoms with van der Waals surface area (Å²) in [6.45, 7) is -0.402. The fraction of sp³-hybridized carbons (Fsp3) is 0.130. The Hall–Kier alpha value is -4.48. The Labute approximate surface area is 196 Å². The molecule has 0 bridgehead atoms. The number of benzene rings is 3. The van der Waals surface area contributed by atoms with E-state index in [1.165, 1.54) is 30.3 Å². The predicted molar refractivity (Wildman–Crippen MR) is 120 cm³/mol. The third kappa shape index (κ3) is 6.76. The summed E-state index contributed by atoms with van der Waals surface area (Å²) in [5.74, 6) is -1.25. The molecular weight excluding hydrogens is 472 g/mol. The molecule has 12 heteroatoms. The molecule has 3 aromatic rings. The lowest BCUT2D eigenvalue weighted by molar-refractivity contribution is -0.384. The lowest BCUT2D eigenvalue weighted by Gasteiger charge is -2.24. The zero-order valence-electron chi connectivity index (χ0n) is 17.9. The van der Waals surface area contributed by atoms with E-state index in [0.717, 1.165) is 47.4 Å². The molecule has 0 unspecified atom stereocenters. The van der Waals surface area contributed by atoms with Crippen LogP contribution in [0.15, 0.2) is 72.8 Å². The Kier molecular flexibility index (Phi) is 7.64. The zero-order chi connectivity index (χ0) is 25.6. The maximum Gasteiger partial charge on any atom is 0.416 e. The van der Waals surface area contributed by atoms with Crippen LogP contribution in [0.2, 0.25) is 0 Å². The third-order valence-electron chi connectivity index (χ3n) is 4.77. The van der Waals surface area contributed by atoms with Gasteiger partial charge in [0.05, 0.1) is 10.5 Å². The average Bonchev–Trinajstić information content (AvgIpc) is 2.81. The van der Waals surface area contributed by atoms with Crippen molar-refractivity contribution in [2.45, 2.75) is 6.18 Å². The first kappa shape index (κ1) is 25.1. The monoisotopic (exact) mass is 490 g/mol. The molecule has 3 aromatic carbocycles. The van der Waals surface area contributed by atoms with Crippen molar-refractivity contribution in [3.05, 3.63) is 99.9 Å². The van der Waals surface area contributed by atoms with Crippen molar-refractivity contribution in [1.29, 1.82) is 0 Å². The van der Waals surface area contributed by atoms with E-state index in [4.69, 9.17) is 0 Å². The fourth-order valence-electron chi connectivity index (χ4n) is 3.07. The Morgan fingerprint density at radius 2 is 1.66 bits per heavy atom. The van der Waals surface area contributed by atoms with E-state index in [2.05, 4.69) is 10.6 Å². The second-order valence-corrected chi connectivity index (χ2v) is 7.20. The number of amides is 3. The summed E-state index contributed by atoms with van der Waals surface area (Å²) in [7, 11) is 0. The summed E-state index contributed by atoms with van der Waals surface area (Å²) in [5.41, 5.74) is -1.09. The van der Waals surface area contributed by atoms with Crippen molar-refractivity contribution in [3.63, 3.8) is 0 Å². The molecule has 0 aromatic heterocycles. The van der Waals surface area contributed by atoms with Crippen LogP contribution in [0, 0.1) is 15.9 Å². The van der Waals surface area contributed by atoms with E-state index < -0.39 is 34.4 Å². The Balaban J connectivity index is 1.79. The van der Waals surface area contributed by atoms with E-state index in [9.17, 15) is 37.3 Å². The van der Waals surface area contributed by atoms with E-state index in [0.29, 0.717) is 0 Å². The van der Waals surface area contributed by atoms with Gasteiger partial charge in [0.25, 0.3) is 11.6 Å². The number of alkyl halides is 3. The van der Waals surface area contributed by atoms with Crippen LogP contribution in [0.4, 0.5) is 39.4 Å². The molecular formula is C23H18F4N4O4. The number of nitro groups is 1. The number of nitro benzene ring substituents is 1. The maximum absolute atomic E-state index is 13.3. The van der Waals surface area contributed by atoms with E-state index in [1.807, 2.05) is 0 Å². The summed E-state index contributed by atoms with van der Waals surface area (Å²) < 4.78 is 52.9. The number of halogens is 4. The van der Waals surface area contributed by atoms with Crippen LogP contribution in [-0.2, 0) is 6.18 Å². The fourth-order valence-corrected chi connectivity index (χ4v) is 3.07. The molecule has 0 saturated carbocycles. The Morgan fingerprint density at radius 3 is 2.29 bits per heavy atom. The molecule has 0 heterocycles. The average molecular weight is 490 g/mol. The summed E-state index contributed by atoms with van der Waals surface area (Å²) >= 11 is 0. The van der Waals surface area contributed by atoms with Gasteiger partial charge in [-0.05, 0) is 48.5 Å². The van der Waals surface area contributed by atoms with Gasteiger partial charge in [0.1, 0.15) is 5.82 Å². The van der Waals surface area contributed by atoms with Crippen molar-refractivity contribution in [1.82, 2.24) is 5.32 Å². The van der Waals surface area contributed by atoms with Crippen LogP contribution in [0.5, 0.6) is 0 Å². The smallest absolute Gasteiger partial charge is 0.350 e. The molecule has 8 nitrogen and oxygen atoms in total. The first-order valence-corrected chi connectivity index (χ1v) is 10.1. The summed E-state index contributed by atoms with van der Waals surface area (Å²) in [6, 6.07) is 13.0. The van der Waals surface area contributed by atoms with Gasteiger partial charge in [0.2, 0.25) is 0 Å². The largest absolute Gasteiger partial charge is 0.416 e. The summed E-state index contributed by atoms with van der Waals surface area (Å²) in [5, 5.41) is 15.7. The van der Waals surface area contributed by atoms with Crippen molar-refractivity contribution >= 4 is 29.0 Å². The molecule has 0 aliphatic carbocycles. The number of hydrogen-bond donors (Lipinski definition) is 2. The van der Waals surface area contributed by atoms with Gasteiger partial charge >= 0.3 is 12.2 Å². The Bertz CT molecular complexity index is 1230. The molecule has 0 fully saturated rings. The number of rotatable bonds is 7. The van der Waals surface area contributed by atoms with Crippen LogP contribution in [0.1, 0.15) is 15.9 Å². The van der Waals surface area contributed by atoms with Gasteiger partial charge in [-0.15, -0.1) is 0 Å². The van der Waals surface area contributed by atoms with Crippen molar-refractivity contribution < 1.29 is 32.1 Å². The SMILES string of the molecule is O=C(NCCN(C(=O)Nc1ccc([N+](=O)[O-])cc1)c1cccc(C(F)(F)F)c1)c1cccc(F)c1. The maximum atomic E-state index is 13.3. The minimum atomic E-state index is -4.65. The quantitative estimate of drug-likeness (QED) is 0.269. The lowest BCUT2D eigenvalue weighted by Crippen LogP contribution is -2.41. The normalized spacial score (nSPS) is 11.0. The van der Waals surface area contributed by atoms with Crippen molar-refractivity contribution in [2.24, 2.45) is 0 Å². The number of hydrogen-bond acceptors (Lipinski definition) is 4. The highest BCUT2D eigenvalue weighted by atomic mass is 19.4. The van der Waals surface area contributed by atoms with Crippen LogP contribution in [0.3, 0.4) is 0 Å². The van der Waals surface area contributed by atoms with Crippen LogP contribution in [0.25, 0.3) is 0 Å². The van der Waals surface area contributed by atoms with Crippen molar-refractivity contribution in [2.75, 3.05) is 23.3 Å². The highest BCUT2D eigenvalue weighted by molar-refractivity contribution is 6.02. The van der Waals surface area contributed by atoms with Gasteiger partial charge in [0.15, 0.2) is 0 Å². The minimum absolute atomic E-state index is 0.0333. The highest BCUT2D eigenvalue weighted by Gasteiger charge is 2.31. The van der Waals surface area contributed by atoms with Gasteiger partial charge in [0, 0.05) is 42.2 Å². The number of nitrogens with one attached hydrogen (secondary N) is 2. The van der Waals surface area contributed by atoms with Gasteiger partial charge in [-0.2, -0.15) is 13.2 Å². The molecule has 35 heavy (non-hydrogen) atoms. The molecule has 182 valence electrons. The molecule has 2 N–H and O–H groups in total. The van der Waals surface area contributed by atoms with Gasteiger partial charge in [-0.1, -0.05) is 12.1 Å². The topological polar surface area (TPSA) is 105 Å². The first-order valence-electron chi connectivity index (χ1n) is 10.1. The van der Waals surface area contributed by atoms with Gasteiger partial charge < -0.3 is 10.6 Å². The molecule has 3 rings (SSSR count). The third-order valence-corrected chi connectivity index (χ3v) is 4.77. The molecule has 0 spiro atoms. The van der Waals surface area contributed by atoms with Crippen LogP contribution >= 0.6 is 0 Å². The molecule has 0 aliphatic heterocycles. The number of urea groups is 1. The first-order chi connectivity index (χ1) is 16.5. The van der Waals surface area contributed by atoms with E-state index in [1.54, 1.807) is 0 Å². The van der Waals surface area contributed by atoms with Crippen LogP contribution < -0.4 is 15.5 Å². The summed E-state index contributed by atoms with van der Waals surface area (Å²) in [4.78, 5) is 36.3. The van der Waals surface area contributed by atoms with Crippen LogP contribution in [-0.4, -0.2) is 30.0 Å². The number of carbonyl (C=O) groups excluding carboxylic acids is 2. The minimum Gasteiger partial charge on any atom is -0.350 e. The molecule has 0 atom stereocenters. The van der Waals surface area contributed by atoms with E-state index >= 15 is 0 Å². The second kappa shape index (κ2) is 10.6. The zero-order valence-corrected chi connectivity index (χ0v) is 17.9. The number of anilines is 2. The Morgan fingerprint density at radius 1 is 0.971 bits per heavy atom. The number of nitrogens with zero attached hydrogens (tertiary/aromatic N) is 2. The number of non-ortho nitro benzene ring substituents is 1. The molecule has 3 amide bonds. The van der Waals surface area contributed by atoms with E-state index in [-0.39, 0.29) is 35.7 Å². The van der Waals surface area contributed by atoms with Gasteiger partial charge in [-0.3, -0.25) is 19.8 Å². The lowest BCUT2D eigenvalue weighted by atomic mass is 10.2. The predicted octanol–water partition coefficient (Wildman–Crippen LogP) is 5.22. The standard InChI is InChI=1S/C23H18F4N4O4/c24-17-5-1-3-15(13-17)21(32)28-11-12-30(20-6-2-4-16(14-20)23(25,26)27)22(33)29-18-7-9-19(10-8-18)31(34)35/h1-10,13-14H,11-12H2,(H,28,32)(H,29,33). The molecule has 0 aliphatic rings. The highest BCUT2D eigenvalue weighted by Crippen LogP contribution is 2.32. The number of carbonyl (C=O) groups is 2. The second-order valence-electron chi connectivity index (χ2n) is 7.20.